The summed E-state index contributed by atoms with van der Waals surface area (Å²) >= 11 is 1.59. The van der Waals surface area contributed by atoms with Crippen LogP contribution in [0.5, 0.6) is 0 Å². The van der Waals surface area contributed by atoms with Gasteiger partial charge < -0.3 is 5.32 Å². The van der Waals surface area contributed by atoms with Crippen molar-refractivity contribution in [3.05, 3.63) is 71.0 Å². The van der Waals surface area contributed by atoms with Gasteiger partial charge in [0.1, 0.15) is 5.82 Å². The quantitative estimate of drug-likeness (QED) is 0.882. The summed E-state index contributed by atoms with van der Waals surface area (Å²) < 4.78 is 12.8. The standard InChI is InChI=1S/C17H18FNOS/c1-13-3-2-4-15(9-13)11-21-12-17(20)19-10-14-5-7-16(18)8-6-14/h2-9H,10-12H2,1H3,(H,19,20). The molecule has 2 aromatic carbocycles. The number of benzene rings is 2. The van der Waals surface area contributed by atoms with Crippen LogP contribution in [0, 0.1) is 12.7 Å². The second-order valence-corrected chi connectivity index (χ2v) is 5.87. The first-order valence-electron chi connectivity index (χ1n) is 6.78. The summed E-state index contributed by atoms with van der Waals surface area (Å²) in [5.41, 5.74) is 3.36. The van der Waals surface area contributed by atoms with E-state index in [2.05, 4.69) is 30.4 Å². The Kier molecular flexibility index (Phi) is 5.81. The molecule has 0 radical (unpaired) electrons. The number of hydrogen-bond acceptors (Lipinski definition) is 2. The monoisotopic (exact) mass is 303 g/mol. The molecule has 1 N–H and O–H groups in total. The number of halogens is 1. The van der Waals surface area contributed by atoms with Gasteiger partial charge in [-0.25, -0.2) is 4.39 Å². The average molecular weight is 303 g/mol. The zero-order valence-corrected chi connectivity index (χ0v) is 12.8. The van der Waals surface area contributed by atoms with E-state index in [9.17, 15) is 9.18 Å². The topological polar surface area (TPSA) is 29.1 Å². The molecule has 0 aromatic heterocycles. The molecule has 0 aliphatic rings. The number of carbonyl (C=O) groups excluding carboxylic acids is 1. The molecule has 0 unspecified atom stereocenters. The number of hydrogen-bond donors (Lipinski definition) is 1. The highest BCUT2D eigenvalue weighted by Crippen LogP contribution is 2.13. The summed E-state index contributed by atoms with van der Waals surface area (Å²) in [7, 11) is 0. The van der Waals surface area contributed by atoms with Crippen molar-refractivity contribution in [2.75, 3.05) is 5.75 Å². The predicted octanol–water partition coefficient (Wildman–Crippen LogP) is 3.68. The molecule has 2 rings (SSSR count). The van der Waals surface area contributed by atoms with E-state index in [1.54, 1.807) is 23.9 Å². The first-order valence-corrected chi connectivity index (χ1v) is 7.93. The molecule has 0 saturated carbocycles. The van der Waals surface area contributed by atoms with E-state index >= 15 is 0 Å². The van der Waals surface area contributed by atoms with Gasteiger partial charge in [0.05, 0.1) is 5.75 Å². The van der Waals surface area contributed by atoms with Crippen molar-refractivity contribution in [2.45, 2.75) is 19.2 Å². The van der Waals surface area contributed by atoms with Gasteiger partial charge in [-0.05, 0) is 30.2 Å². The molecule has 1 amide bonds. The largest absolute Gasteiger partial charge is 0.351 e. The fourth-order valence-electron chi connectivity index (χ4n) is 1.92. The van der Waals surface area contributed by atoms with Crippen LogP contribution < -0.4 is 5.32 Å². The third kappa shape index (κ3) is 5.60. The summed E-state index contributed by atoms with van der Waals surface area (Å²) in [5.74, 6) is 0.983. The molecule has 2 nitrogen and oxygen atoms in total. The Hall–Kier alpha value is -1.81. The van der Waals surface area contributed by atoms with Gasteiger partial charge in [0.15, 0.2) is 0 Å². The average Bonchev–Trinajstić information content (AvgIpc) is 2.47. The molecule has 0 atom stereocenters. The van der Waals surface area contributed by atoms with Crippen LogP contribution in [0.25, 0.3) is 0 Å². The van der Waals surface area contributed by atoms with Crippen molar-refractivity contribution in [3.8, 4) is 0 Å². The van der Waals surface area contributed by atoms with E-state index in [4.69, 9.17) is 0 Å². The molecule has 0 saturated heterocycles. The molecule has 21 heavy (non-hydrogen) atoms. The maximum atomic E-state index is 12.8. The fraction of sp³-hybridized carbons (Fsp3) is 0.235. The van der Waals surface area contributed by atoms with Crippen molar-refractivity contribution >= 4 is 17.7 Å². The molecule has 110 valence electrons. The zero-order valence-electron chi connectivity index (χ0n) is 11.9. The van der Waals surface area contributed by atoms with Crippen LogP contribution >= 0.6 is 11.8 Å². The van der Waals surface area contributed by atoms with Gasteiger partial charge in [-0.2, -0.15) is 0 Å². The predicted molar refractivity (Wildman–Crippen MR) is 85.6 cm³/mol. The van der Waals surface area contributed by atoms with Crippen molar-refractivity contribution in [1.29, 1.82) is 0 Å². The first-order chi connectivity index (χ1) is 10.1. The second kappa shape index (κ2) is 7.84. The number of aryl methyl sites for hydroxylation is 1. The van der Waals surface area contributed by atoms with Crippen LogP contribution in [-0.2, 0) is 17.1 Å². The molecule has 0 aliphatic carbocycles. The van der Waals surface area contributed by atoms with Gasteiger partial charge in [-0.1, -0.05) is 42.0 Å². The molecule has 2 aromatic rings. The van der Waals surface area contributed by atoms with Crippen LogP contribution in [0.3, 0.4) is 0 Å². The van der Waals surface area contributed by atoms with Gasteiger partial charge >= 0.3 is 0 Å². The minimum absolute atomic E-state index is 0.00280. The van der Waals surface area contributed by atoms with Gasteiger partial charge in [0.25, 0.3) is 0 Å². The Balaban J connectivity index is 1.69. The number of rotatable bonds is 6. The fourth-order valence-corrected chi connectivity index (χ4v) is 2.72. The Morgan fingerprint density at radius 3 is 2.62 bits per heavy atom. The molecular formula is C17H18FNOS. The smallest absolute Gasteiger partial charge is 0.230 e. The lowest BCUT2D eigenvalue weighted by molar-refractivity contribution is -0.118. The zero-order chi connectivity index (χ0) is 15.1. The van der Waals surface area contributed by atoms with E-state index in [-0.39, 0.29) is 11.7 Å². The highest BCUT2D eigenvalue weighted by Gasteiger charge is 2.02. The molecule has 0 spiro atoms. The van der Waals surface area contributed by atoms with Crippen LogP contribution in [0.2, 0.25) is 0 Å². The Morgan fingerprint density at radius 1 is 1.14 bits per heavy atom. The maximum absolute atomic E-state index is 12.8. The SMILES string of the molecule is Cc1cccc(CSCC(=O)NCc2ccc(F)cc2)c1. The molecule has 0 aliphatic heterocycles. The van der Waals surface area contributed by atoms with E-state index in [1.807, 2.05) is 6.07 Å². The van der Waals surface area contributed by atoms with Crippen molar-refractivity contribution in [2.24, 2.45) is 0 Å². The third-order valence-electron chi connectivity index (χ3n) is 2.99. The number of nitrogens with one attached hydrogen (secondary N) is 1. The summed E-state index contributed by atoms with van der Waals surface area (Å²) in [5, 5.41) is 2.83. The Labute approximate surface area is 128 Å². The molecule has 0 heterocycles. The van der Waals surface area contributed by atoms with Gasteiger partial charge in [-0.15, -0.1) is 11.8 Å². The number of amides is 1. The normalized spacial score (nSPS) is 10.4. The minimum Gasteiger partial charge on any atom is -0.351 e. The van der Waals surface area contributed by atoms with Crippen molar-refractivity contribution in [1.82, 2.24) is 5.32 Å². The highest BCUT2D eigenvalue weighted by atomic mass is 32.2. The van der Waals surface area contributed by atoms with Crippen LogP contribution in [0.4, 0.5) is 4.39 Å². The van der Waals surface area contributed by atoms with Crippen LogP contribution in [0.1, 0.15) is 16.7 Å². The summed E-state index contributed by atoms with van der Waals surface area (Å²) in [4.78, 5) is 11.7. The minimum atomic E-state index is -0.265. The lowest BCUT2D eigenvalue weighted by atomic mass is 10.2. The van der Waals surface area contributed by atoms with E-state index in [1.165, 1.54) is 23.3 Å². The van der Waals surface area contributed by atoms with E-state index in [0.29, 0.717) is 12.3 Å². The molecular weight excluding hydrogens is 285 g/mol. The first kappa shape index (κ1) is 15.6. The molecule has 0 fully saturated rings. The highest BCUT2D eigenvalue weighted by molar-refractivity contribution is 7.99. The molecule has 4 heteroatoms. The summed E-state index contributed by atoms with van der Waals surface area (Å²) in [6.07, 6.45) is 0. The molecule has 0 bridgehead atoms. The van der Waals surface area contributed by atoms with Gasteiger partial charge in [0.2, 0.25) is 5.91 Å². The lowest BCUT2D eigenvalue weighted by Gasteiger charge is -2.06. The van der Waals surface area contributed by atoms with Gasteiger partial charge in [-0.3, -0.25) is 4.79 Å². The number of carbonyl (C=O) groups is 1. The van der Waals surface area contributed by atoms with E-state index < -0.39 is 0 Å². The van der Waals surface area contributed by atoms with Crippen LogP contribution in [0.15, 0.2) is 48.5 Å². The van der Waals surface area contributed by atoms with Crippen molar-refractivity contribution < 1.29 is 9.18 Å². The summed E-state index contributed by atoms with van der Waals surface area (Å²) in [6.45, 7) is 2.49. The van der Waals surface area contributed by atoms with Crippen LogP contribution in [-0.4, -0.2) is 11.7 Å². The van der Waals surface area contributed by atoms with Gasteiger partial charge in [0, 0.05) is 12.3 Å². The second-order valence-electron chi connectivity index (χ2n) is 4.89. The van der Waals surface area contributed by atoms with E-state index in [0.717, 1.165) is 11.3 Å². The Morgan fingerprint density at radius 2 is 1.90 bits per heavy atom. The summed E-state index contributed by atoms with van der Waals surface area (Å²) in [6, 6.07) is 14.4. The Bertz CT molecular complexity index is 598. The van der Waals surface area contributed by atoms with Crippen molar-refractivity contribution in [3.63, 3.8) is 0 Å². The third-order valence-corrected chi connectivity index (χ3v) is 3.99. The maximum Gasteiger partial charge on any atom is 0.230 e. The number of thioether (sulfide) groups is 1. The lowest BCUT2D eigenvalue weighted by Crippen LogP contribution is -2.24.